The summed E-state index contributed by atoms with van der Waals surface area (Å²) < 4.78 is 5.87. The number of rotatable bonds is 2. The highest BCUT2D eigenvalue weighted by atomic mass is 16.5. The largest absolute Gasteiger partial charge is 0.396 e. The zero-order chi connectivity index (χ0) is 11.9. The Morgan fingerprint density at radius 2 is 2.24 bits per heavy atom. The van der Waals surface area contributed by atoms with Gasteiger partial charge in [0.1, 0.15) is 5.60 Å². The van der Waals surface area contributed by atoms with Crippen molar-refractivity contribution in [3.63, 3.8) is 0 Å². The van der Waals surface area contributed by atoms with Crippen LogP contribution in [0.15, 0.2) is 24.3 Å². The smallest absolute Gasteiger partial charge is 0.107 e. The second-order valence-corrected chi connectivity index (χ2v) is 4.83. The van der Waals surface area contributed by atoms with Gasteiger partial charge in [0.15, 0.2) is 0 Å². The first-order valence-electron chi connectivity index (χ1n) is 6.09. The van der Waals surface area contributed by atoms with Crippen LogP contribution in [-0.4, -0.2) is 23.3 Å². The topological polar surface area (TPSA) is 45.2 Å². The van der Waals surface area contributed by atoms with Crippen molar-refractivity contribution >= 4 is 10.9 Å². The average molecular weight is 231 g/mol. The molecule has 0 aliphatic carbocycles. The van der Waals surface area contributed by atoms with E-state index in [4.69, 9.17) is 4.74 Å². The summed E-state index contributed by atoms with van der Waals surface area (Å²) in [7, 11) is 0. The van der Waals surface area contributed by atoms with Gasteiger partial charge in [-0.2, -0.15) is 0 Å². The van der Waals surface area contributed by atoms with Gasteiger partial charge in [-0.25, -0.2) is 0 Å². The minimum atomic E-state index is -0.374. The zero-order valence-electron chi connectivity index (χ0n) is 9.99. The second-order valence-electron chi connectivity index (χ2n) is 4.83. The summed E-state index contributed by atoms with van der Waals surface area (Å²) in [4.78, 5) is 3.46. The van der Waals surface area contributed by atoms with E-state index in [2.05, 4.69) is 30.1 Å². The Labute approximate surface area is 100 Å². The highest BCUT2D eigenvalue weighted by molar-refractivity contribution is 5.85. The van der Waals surface area contributed by atoms with Crippen molar-refractivity contribution in [2.24, 2.45) is 0 Å². The lowest BCUT2D eigenvalue weighted by Crippen LogP contribution is -2.33. The van der Waals surface area contributed by atoms with Gasteiger partial charge in [0, 0.05) is 23.9 Å². The number of aliphatic hydroxyl groups excluding tert-OH is 1. The molecule has 0 saturated heterocycles. The average Bonchev–Trinajstić information content (AvgIpc) is 2.70. The van der Waals surface area contributed by atoms with Crippen LogP contribution < -0.4 is 0 Å². The maximum Gasteiger partial charge on any atom is 0.107 e. The number of aromatic amines is 1. The summed E-state index contributed by atoms with van der Waals surface area (Å²) in [6.07, 6.45) is 1.58. The molecule has 1 unspecified atom stereocenters. The minimum absolute atomic E-state index is 0.144. The Morgan fingerprint density at radius 3 is 3.06 bits per heavy atom. The van der Waals surface area contributed by atoms with Gasteiger partial charge >= 0.3 is 0 Å². The van der Waals surface area contributed by atoms with Crippen LogP contribution in [0.3, 0.4) is 0 Å². The number of H-pyrrole nitrogens is 1. The molecule has 0 bridgehead atoms. The van der Waals surface area contributed by atoms with E-state index >= 15 is 0 Å². The van der Waals surface area contributed by atoms with Gasteiger partial charge in [0.05, 0.1) is 12.3 Å². The lowest BCUT2D eigenvalue weighted by atomic mass is 9.90. The monoisotopic (exact) mass is 231 g/mol. The zero-order valence-corrected chi connectivity index (χ0v) is 9.99. The molecule has 2 N–H and O–H groups in total. The van der Waals surface area contributed by atoms with Crippen LogP contribution in [-0.2, 0) is 16.8 Å². The Kier molecular flexibility index (Phi) is 2.45. The predicted molar refractivity (Wildman–Crippen MR) is 67.0 cm³/mol. The van der Waals surface area contributed by atoms with Crippen LogP contribution in [0.5, 0.6) is 0 Å². The normalized spacial score (nSPS) is 23.9. The molecule has 3 heteroatoms. The Bertz CT molecular complexity index is 546. The van der Waals surface area contributed by atoms with Gasteiger partial charge in [-0.3, -0.25) is 0 Å². The number of benzene rings is 1. The molecule has 2 heterocycles. The lowest BCUT2D eigenvalue weighted by Gasteiger charge is -2.33. The van der Waals surface area contributed by atoms with Crippen molar-refractivity contribution in [3.8, 4) is 0 Å². The van der Waals surface area contributed by atoms with Crippen molar-refractivity contribution in [3.05, 3.63) is 35.5 Å². The summed E-state index contributed by atoms with van der Waals surface area (Å²) in [6.45, 7) is 2.92. The fraction of sp³-hybridized carbons (Fsp3) is 0.429. The maximum atomic E-state index is 9.19. The quantitative estimate of drug-likeness (QED) is 0.833. The van der Waals surface area contributed by atoms with Gasteiger partial charge in [-0.05, 0) is 25.0 Å². The third-order valence-electron chi connectivity index (χ3n) is 3.70. The summed E-state index contributed by atoms with van der Waals surface area (Å²) in [6, 6.07) is 8.34. The molecule has 17 heavy (non-hydrogen) atoms. The number of fused-ring (bicyclic) bond motifs is 3. The van der Waals surface area contributed by atoms with Crippen molar-refractivity contribution in [1.82, 2.24) is 4.98 Å². The number of hydrogen-bond donors (Lipinski definition) is 2. The molecular formula is C14H17NO2. The van der Waals surface area contributed by atoms with E-state index in [1.807, 2.05) is 6.07 Å². The molecule has 1 atom stereocenters. The van der Waals surface area contributed by atoms with Crippen LogP contribution in [0.1, 0.15) is 24.6 Å². The molecule has 2 aromatic rings. The van der Waals surface area contributed by atoms with E-state index < -0.39 is 0 Å². The van der Waals surface area contributed by atoms with Crippen molar-refractivity contribution < 1.29 is 9.84 Å². The summed E-state index contributed by atoms with van der Waals surface area (Å²) in [5, 5.41) is 10.5. The number of nitrogens with one attached hydrogen (secondary N) is 1. The third-order valence-corrected chi connectivity index (χ3v) is 3.70. The molecule has 1 aromatic carbocycles. The Hall–Kier alpha value is -1.32. The molecule has 0 saturated carbocycles. The van der Waals surface area contributed by atoms with Gasteiger partial charge < -0.3 is 14.8 Å². The molecule has 1 aliphatic rings. The van der Waals surface area contributed by atoms with Crippen molar-refractivity contribution in [2.75, 3.05) is 13.2 Å². The van der Waals surface area contributed by atoms with Crippen LogP contribution in [0.25, 0.3) is 10.9 Å². The minimum Gasteiger partial charge on any atom is -0.396 e. The van der Waals surface area contributed by atoms with E-state index in [9.17, 15) is 5.11 Å². The van der Waals surface area contributed by atoms with Crippen LogP contribution in [0.4, 0.5) is 0 Å². The predicted octanol–water partition coefficient (Wildman–Crippen LogP) is 2.34. The fourth-order valence-corrected chi connectivity index (χ4v) is 2.77. The standard InChI is InChI=1S/C14H17NO2/c1-14(7-8-16)13-11(6-9-17-14)10-4-2-3-5-12(10)15-13/h2-5,15-16H,6-9H2,1H3. The number of ether oxygens (including phenoxy) is 1. The van der Waals surface area contributed by atoms with Gasteiger partial charge in [0.25, 0.3) is 0 Å². The van der Waals surface area contributed by atoms with Crippen molar-refractivity contribution in [2.45, 2.75) is 25.4 Å². The maximum absolute atomic E-state index is 9.19. The van der Waals surface area contributed by atoms with Crippen molar-refractivity contribution in [1.29, 1.82) is 0 Å². The first-order chi connectivity index (χ1) is 8.24. The molecule has 3 rings (SSSR count). The molecule has 0 fully saturated rings. The SMILES string of the molecule is CC1(CCO)OCCc2c1[nH]c1ccccc21. The number of aliphatic hydroxyl groups is 1. The number of aromatic nitrogens is 1. The summed E-state index contributed by atoms with van der Waals surface area (Å²) >= 11 is 0. The third kappa shape index (κ3) is 1.58. The van der Waals surface area contributed by atoms with E-state index in [0.29, 0.717) is 6.42 Å². The molecule has 1 aliphatic heterocycles. The number of hydrogen-bond acceptors (Lipinski definition) is 2. The van der Waals surface area contributed by atoms with E-state index in [1.165, 1.54) is 10.9 Å². The van der Waals surface area contributed by atoms with E-state index in [1.54, 1.807) is 0 Å². The highest BCUT2D eigenvalue weighted by Crippen LogP contribution is 2.38. The number of para-hydroxylation sites is 1. The van der Waals surface area contributed by atoms with Crippen LogP contribution in [0, 0.1) is 0 Å². The Morgan fingerprint density at radius 1 is 1.41 bits per heavy atom. The van der Waals surface area contributed by atoms with Gasteiger partial charge in [-0.15, -0.1) is 0 Å². The van der Waals surface area contributed by atoms with Crippen LogP contribution in [0.2, 0.25) is 0 Å². The Balaban J connectivity index is 2.20. The second kappa shape index (κ2) is 3.86. The molecule has 0 spiro atoms. The highest BCUT2D eigenvalue weighted by Gasteiger charge is 2.35. The molecule has 0 amide bonds. The van der Waals surface area contributed by atoms with E-state index in [-0.39, 0.29) is 12.2 Å². The van der Waals surface area contributed by atoms with Crippen LogP contribution >= 0.6 is 0 Å². The summed E-state index contributed by atoms with van der Waals surface area (Å²) in [5.74, 6) is 0. The molecular weight excluding hydrogens is 214 g/mol. The van der Waals surface area contributed by atoms with Gasteiger partial charge in [-0.1, -0.05) is 18.2 Å². The molecule has 3 nitrogen and oxygen atoms in total. The summed E-state index contributed by atoms with van der Waals surface area (Å²) in [5.41, 5.74) is 3.27. The lowest BCUT2D eigenvalue weighted by molar-refractivity contribution is -0.0628. The first kappa shape index (κ1) is 10.8. The molecule has 1 aromatic heterocycles. The fourth-order valence-electron chi connectivity index (χ4n) is 2.77. The molecule has 90 valence electrons. The molecule has 0 radical (unpaired) electrons. The first-order valence-corrected chi connectivity index (χ1v) is 6.09. The van der Waals surface area contributed by atoms with E-state index in [0.717, 1.165) is 24.2 Å². The van der Waals surface area contributed by atoms with Gasteiger partial charge in [0.2, 0.25) is 0 Å².